The van der Waals surface area contributed by atoms with E-state index in [1.165, 1.54) is 31.6 Å². The molecule has 4 aromatic rings. The summed E-state index contributed by atoms with van der Waals surface area (Å²) in [5.74, 6) is 0.857. The summed E-state index contributed by atoms with van der Waals surface area (Å²) in [4.78, 5) is 6.85. The first kappa shape index (κ1) is 22.8. The highest BCUT2D eigenvalue weighted by Gasteiger charge is 2.14. The Labute approximate surface area is 209 Å². The Kier molecular flexibility index (Phi) is 6.77. The zero-order chi connectivity index (χ0) is 23.5. The van der Waals surface area contributed by atoms with Crippen LogP contribution in [0.1, 0.15) is 24.1 Å². The van der Waals surface area contributed by atoms with Gasteiger partial charge in [0, 0.05) is 51.5 Å². The van der Waals surface area contributed by atoms with Crippen LogP contribution in [0.5, 0.6) is 5.75 Å². The zero-order valence-corrected chi connectivity index (χ0v) is 20.3. The largest absolute Gasteiger partial charge is 0.485 e. The van der Waals surface area contributed by atoms with Gasteiger partial charge >= 0.3 is 0 Å². The fourth-order valence-electron chi connectivity index (χ4n) is 4.30. The molecular weight excluding hydrogens is 467 g/mol. The normalized spacial score (nSPS) is 13.9. The molecule has 2 N–H and O–H groups in total. The van der Waals surface area contributed by atoms with E-state index in [-0.39, 0.29) is 6.61 Å². The molecule has 0 unspecified atom stereocenters. The van der Waals surface area contributed by atoms with Crippen LogP contribution in [0.3, 0.4) is 0 Å². The van der Waals surface area contributed by atoms with Gasteiger partial charge in [-0.25, -0.2) is 4.98 Å². The molecule has 0 saturated carbocycles. The first-order valence-corrected chi connectivity index (χ1v) is 12.1. The first-order valence-electron chi connectivity index (χ1n) is 11.4. The second-order valence-electron chi connectivity index (χ2n) is 8.53. The molecule has 5 rings (SSSR count). The molecule has 2 aromatic heterocycles. The summed E-state index contributed by atoms with van der Waals surface area (Å²) in [7, 11) is 0. The van der Waals surface area contributed by atoms with Crippen LogP contribution >= 0.6 is 23.2 Å². The van der Waals surface area contributed by atoms with E-state index >= 15 is 0 Å². The molecule has 1 saturated heterocycles. The molecule has 174 valence electrons. The van der Waals surface area contributed by atoms with Crippen molar-refractivity contribution in [3.05, 3.63) is 94.4 Å². The van der Waals surface area contributed by atoms with Crippen molar-refractivity contribution in [3.63, 3.8) is 0 Å². The maximum absolute atomic E-state index is 6.26. The quantitative estimate of drug-likeness (QED) is 0.315. The van der Waals surface area contributed by atoms with Gasteiger partial charge in [-0.15, -0.1) is 0 Å². The van der Waals surface area contributed by atoms with E-state index in [9.17, 15) is 0 Å². The van der Waals surface area contributed by atoms with Crippen LogP contribution in [0.2, 0.25) is 10.0 Å². The van der Waals surface area contributed by atoms with Crippen LogP contribution < -0.4 is 10.5 Å². The number of halogens is 2. The lowest BCUT2D eigenvalue weighted by molar-refractivity contribution is 0.307. The molecule has 5 nitrogen and oxygen atoms in total. The zero-order valence-electron chi connectivity index (χ0n) is 18.8. The van der Waals surface area contributed by atoms with Crippen molar-refractivity contribution in [1.82, 2.24) is 14.5 Å². The lowest BCUT2D eigenvalue weighted by Gasteiger charge is -2.17. The van der Waals surface area contributed by atoms with Gasteiger partial charge in [-0.3, -0.25) is 4.90 Å². The molecule has 0 aliphatic carbocycles. The number of rotatable bonds is 7. The Balaban J connectivity index is 1.32. The number of hydrogen-bond donors (Lipinski definition) is 1. The molecule has 0 amide bonds. The van der Waals surface area contributed by atoms with Gasteiger partial charge in [0.05, 0.1) is 0 Å². The predicted molar refractivity (Wildman–Crippen MR) is 139 cm³/mol. The van der Waals surface area contributed by atoms with Crippen LogP contribution in [0.4, 0.5) is 5.82 Å². The van der Waals surface area contributed by atoms with Crippen molar-refractivity contribution < 1.29 is 4.74 Å². The van der Waals surface area contributed by atoms with Gasteiger partial charge in [0.25, 0.3) is 0 Å². The highest BCUT2D eigenvalue weighted by molar-refractivity contribution is 6.35. The van der Waals surface area contributed by atoms with E-state index in [1.807, 2.05) is 12.1 Å². The number of likely N-dealkylation sites (tertiary alicyclic amines) is 1. The van der Waals surface area contributed by atoms with Crippen molar-refractivity contribution >= 4 is 29.0 Å². The molecule has 0 radical (unpaired) electrons. The van der Waals surface area contributed by atoms with Gasteiger partial charge < -0.3 is 15.0 Å². The number of hydrogen-bond acceptors (Lipinski definition) is 4. The SMILES string of the molecule is Nc1ncc(-c2ccc(-n3cccc3CN3CCCC3)cc2)cc1OCc1ccc(Cl)cc1Cl. The molecule has 1 aliphatic heterocycles. The lowest BCUT2D eigenvalue weighted by atomic mass is 10.1. The summed E-state index contributed by atoms with van der Waals surface area (Å²) in [6.45, 7) is 3.62. The molecule has 7 heteroatoms. The average molecular weight is 493 g/mol. The Morgan fingerprint density at radius 1 is 0.941 bits per heavy atom. The van der Waals surface area contributed by atoms with Gasteiger partial charge in [0.15, 0.2) is 11.6 Å². The summed E-state index contributed by atoms with van der Waals surface area (Å²) in [6.07, 6.45) is 6.48. The molecule has 3 heterocycles. The fraction of sp³-hybridized carbons (Fsp3) is 0.222. The molecular formula is C27H26Cl2N4O. The second kappa shape index (κ2) is 10.1. The maximum Gasteiger partial charge on any atom is 0.166 e. The molecule has 1 aliphatic rings. The number of benzene rings is 2. The third-order valence-corrected chi connectivity index (χ3v) is 6.76. The summed E-state index contributed by atoms with van der Waals surface area (Å²) < 4.78 is 8.20. The van der Waals surface area contributed by atoms with Crippen molar-refractivity contribution in [1.29, 1.82) is 0 Å². The topological polar surface area (TPSA) is 56.3 Å². The summed E-state index contributed by atoms with van der Waals surface area (Å²) in [5.41, 5.74) is 11.3. The van der Waals surface area contributed by atoms with Gasteiger partial charge in [-0.1, -0.05) is 41.4 Å². The van der Waals surface area contributed by atoms with Gasteiger partial charge in [0.2, 0.25) is 0 Å². The van der Waals surface area contributed by atoms with Gasteiger partial charge in [-0.05, 0) is 74.0 Å². The minimum atomic E-state index is 0.275. The van der Waals surface area contributed by atoms with Crippen molar-refractivity contribution in [2.45, 2.75) is 26.0 Å². The Morgan fingerprint density at radius 3 is 2.50 bits per heavy atom. The summed E-state index contributed by atoms with van der Waals surface area (Å²) >= 11 is 12.2. The monoisotopic (exact) mass is 492 g/mol. The summed E-state index contributed by atoms with van der Waals surface area (Å²) in [6, 6.07) is 20.0. The number of ether oxygens (including phenoxy) is 1. The third-order valence-electron chi connectivity index (χ3n) is 6.18. The van der Waals surface area contributed by atoms with Crippen molar-refractivity contribution in [2.75, 3.05) is 18.8 Å². The average Bonchev–Trinajstić information content (AvgIpc) is 3.52. The van der Waals surface area contributed by atoms with Crippen molar-refractivity contribution in [3.8, 4) is 22.6 Å². The van der Waals surface area contributed by atoms with Gasteiger partial charge in [0.1, 0.15) is 6.61 Å². The Morgan fingerprint density at radius 2 is 1.74 bits per heavy atom. The van der Waals surface area contributed by atoms with E-state index in [2.05, 4.69) is 57.0 Å². The number of anilines is 1. The third kappa shape index (κ3) is 5.07. The maximum atomic E-state index is 6.26. The summed E-state index contributed by atoms with van der Waals surface area (Å²) in [5, 5.41) is 1.14. The van der Waals surface area contributed by atoms with E-state index < -0.39 is 0 Å². The standard InChI is InChI=1S/C27H26Cl2N4O/c28-22-8-5-20(25(29)15-22)18-34-26-14-21(16-31-27(26)30)19-6-9-23(10-7-19)33-13-3-4-24(33)17-32-11-1-2-12-32/h3-10,13-16H,1-2,11-12,17-18H2,(H2,30,31). The van der Waals surface area contributed by atoms with Crippen LogP contribution in [0.25, 0.3) is 16.8 Å². The first-order chi connectivity index (χ1) is 16.6. The van der Waals surface area contributed by atoms with Gasteiger partial charge in [-0.2, -0.15) is 0 Å². The molecule has 0 atom stereocenters. The van der Waals surface area contributed by atoms with Crippen LogP contribution in [0, 0.1) is 0 Å². The molecule has 34 heavy (non-hydrogen) atoms. The van der Waals surface area contributed by atoms with E-state index in [0.717, 1.165) is 28.9 Å². The highest BCUT2D eigenvalue weighted by atomic mass is 35.5. The van der Waals surface area contributed by atoms with E-state index in [1.54, 1.807) is 18.3 Å². The molecule has 0 spiro atoms. The predicted octanol–water partition coefficient (Wildman–Crippen LogP) is 6.60. The van der Waals surface area contributed by atoms with Crippen LogP contribution in [0.15, 0.2) is 73.1 Å². The van der Waals surface area contributed by atoms with Crippen LogP contribution in [-0.4, -0.2) is 27.5 Å². The minimum Gasteiger partial charge on any atom is -0.485 e. The number of pyridine rings is 1. The minimum absolute atomic E-state index is 0.275. The fourth-order valence-corrected chi connectivity index (χ4v) is 4.77. The number of nitrogen functional groups attached to an aromatic ring is 1. The smallest absolute Gasteiger partial charge is 0.166 e. The molecule has 2 aromatic carbocycles. The Bertz CT molecular complexity index is 1280. The lowest BCUT2D eigenvalue weighted by Crippen LogP contribution is -2.20. The second-order valence-corrected chi connectivity index (χ2v) is 9.38. The highest BCUT2D eigenvalue weighted by Crippen LogP contribution is 2.30. The van der Waals surface area contributed by atoms with Crippen LogP contribution in [-0.2, 0) is 13.2 Å². The molecule has 0 bridgehead atoms. The Hall–Kier alpha value is -2.99. The van der Waals surface area contributed by atoms with E-state index in [4.69, 9.17) is 33.7 Å². The van der Waals surface area contributed by atoms with E-state index in [0.29, 0.717) is 21.6 Å². The van der Waals surface area contributed by atoms with Crippen molar-refractivity contribution in [2.24, 2.45) is 0 Å². The number of nitrogens with two attached hydrogens (primary N) is 1. The number of nitrogens with zero attached hydrogens (tertiary/aromatic N) is 3. The number of aromatic nitrogens is 2. The molecule has 1 fully saturated rings.